The van der Waals surface area contributed by atoms with Gasteiger partial charge in [-0.2, -0.15) is 0 Å². The molecule has 0 bridgehead atoms. The molecule has 0 amide bonds. The Kier molecular flexibility index (Phi) is 5.51. The lowest BCUT2D eigenvalue weighted by Gasteiger charge is -2.39. The van der Waals surface area contributed by atoms with E-state index in [0.29, 0.717) is 12.1 Å². The lowest BCUT2D eigenvalue weighted by molar-refractivity contribution is 0.00791. The standard InChI is InChI=1S/C24H29N5O/c25-19-3-1-2-17(14-19)18-4-9-23-22(15-18)24(27-16-26-23)28-20-5-7-21(8-6-20)29-10-12-30-13-11-29/h1-4,9,14-16,20-21H,5-8,10-13,25H2,(H,26,27,28)/t20-,21-. The Balaban J connectivity index is 1.32. The third kappa shape index (κ3) is 4.11. The van der Waals surface area contributed by atoms with Crippen molar-refractivity contribution in [2.24, 2.45) is 0 Å². The largest absolute Gasteiger partial charge is 0.399 e. The summed E-state index contributed by atoms with van der Waals surface area (Å²) in [6.07, 6.45) is 6.46. The molecule has 0 radical (unpaired) electrons. The van der Waals surface area contributed by atoms with E-state index in [1.807, 2.05) is 18.2 Å². The van der Waals surface area contributed by atoms with Crippen molar-refractivity contribution in [2.45, 2.75) is 37.8 Å². The summed E-state index contributed by atoms with van der Waals surface area (Å²) in [5, 5.41) is 4.78. The molecule has 30 heavy (non-hydrogen) atoms. The van der Waals surface area contributed by atoms with Crippen LogP contribution in [0.2, 0.25) is 0 Å². The Morgan fingerprint density at radius 2 is 1.73 bits per heavy atom. The Bertz CT molecular complexity index is 1010. The van der Waals surface area contributed by atoms with Gasteiger partial charge < -0.3 is 15.8 Å². The zero-order chi connectivity index (χ0) is 20.3. The summed E-state index contributed by atoms with van der Waals surface area (Å²) in [5.41, 5.74) is 9.95. The maximum absolute atomic E-state index is 5.98. The first-order chi connectivity index (χ1) is 14.8. The normalized spacial score (nSPS) is 22.8. The number of ether oxygens (including phenoxy) is 1. The number of morpholine rings is 1. The fraction of sp³-hybridized carbons (Fsp3) is 0.417. The fourth-order valence-corrected chi connectivity index (χ4v) is 4.79. The summed E-state index contributed by atoms with van der Waals surface area (Å²) in [5.74, 6) is 0.931. The molecule has 0 spiro atoms. The van der Waals surface area contributed by atoms with E-state index in [9.17, 15) is 0 Å². The smallest absolute Gasteiger partial charge is 0.137 e. The van der Waals surface area contributed by atoms with Crippen LogP contribution in [0.15, 0.2) is 48.8 Å². The van der Waals surface area contributed by atoms with Gasteiger partial charge in [0, 0.05) is 36.2 Å². The second-order valence-electron chi connectivity index (χ2n) is 8.38. The monoisotopic (exact) mass is 403 g/mol. The molecular formula is C24H29N5O. The number of benzene rings is 2. The van der Waals surface area contributed by atoms with Crippen LogP contribution in [0, 0.1) is 0 Å². The molecule has 3 aromatic rings. The first kappa shape index (κ1) is 19.3. The molecule has 2 aromatic carbocycles. The number of rotatable bonds is 4. The molecule has 156 valence electrons. The van der Waals surface area contributed by atoms with E-state index in [0.717, 1.165) is 59.8 Å². The molecule has 1 aliphatic carbocycles. The van der Waals surface area contributed by atoms with Crippen LogP contribution in [0.5, 0.6) is 0 Å². The molecule has 2 fully saturated rings. The van der Waals surface area contributed by atoms with Gasteiger partial charge in [0.05, 0.1) is 18.7 Å². The van der Waals surface area contributed by atoms with Gasteiger partial charge in [-0.25, -0.2) is 9.97 Å². The van der Waals surface area contributed by atoms with Crippen molar-refractivity contribution in [2.75, 3.05) is 37.4 Å². The van der Waals surface area contributed by atoms with Crippen molar-refractivity contribution in [3.63, 3.8) is 0 Å². The van der Waals surface area contributed by atoms with Crippen LogP contribution >= 0.6 is 0 Å². The number of fused-ring (bicyclic) bond motifs is 1. The van der Waals surface area contributed by atoms with E-state index in [2.05, 4.69) is 44.5 Å². The first-order valence-corrected chi connectivity index (χ1v) is 11.0. The van der Waals surface area contributed by atoms with Crippen molar-refractivity contribution < 1.29 is 4.74 Å². The summed E-state index contributed by atoms with van der Waals surface area (Å²) in [7, 11) is 0. The number of nitrogens with one attached hydrogen (secondary N) is 1. The lowest BCUT2D eigenvalue weighted by atomic mass is 9.90. The summed E-state index contributed by atoms with van der Waals surface area (Å²) >= 11 is 0. The molecule has 1 aliphatic heterocycles. The van der Waals surface area contributed by atoms with Gasteiger partial charge in [0.2, 0.25) is 0 Å². The van der Waals surface area contributed by atoms with Gasteiger partial charge in [-0.3, -0.25) is 4.90 Å². The summed E-state index contributed by atoms with van der Waals surface area (Å²) < 4.78 is 5.50. The van der Waals surface area contributed by atoms with E-state index in [1.54, 1.807) is 6.33 Å². The second-order valence-corrected chi connectivity index (χ2v) is 8.38. The zero-order valence-corrected chi connectivity index (χ0v) is 17.3. The molecule has 5 rings (SSSR count). The van der Waals surface area contributed by atoms with Crippen LogP contribution in [0.3, 0.4) is 0 Å². The van der Waals surface area contributed by atoms with Crippen LogP contribution in [-0.2, 0) is 4.74 Å². The molecular weight excluding hydrogens is 374 g/mol. The predicted molar refractivity (Wildman–Crippen MR) is 121 cm³/mol. The molecule has 6 nitrogen and oxygen atoms in total. The molecule has 3 N–H and O–H groups in total. The van der Waals surface area contributed by atoms with Crippen LogP contribution in [0.25, 0.3) is 22.0 Å². The molecule has 1 saturated heterocycles. The molecule has 2 aliphatic rings. The van der Waals surface area contributed by atoms with Crippen LogP contribution < -0.4 is 11.1 Å². The highest BCUT2D eigenvalue weighted by molar-refractivity contribution is 5.92. The van der Waals surface area contributed by atoms with Crippen LogP contribution in [0.1, 0.15) is 25.7 Å². The van der Waals surface area contributed by atoms with E-state index >= 15 is 0 Å². The average Bonchev–Trinajstić information content (AvgIpc) is 2.80. The Labute approximate surface area is 177 Å². The molecule has 1 saturated carbocycles. The number of nitrogens with two attached hydrogens (primary N) is 1. The molecule has 6 heteroatoms. The first-order valence-electron chi connectivity index (χ1n) is 11.0. The maximum atomic E-state index is 5.98. The third-order valence-corrected chi connectivity index (χ3v) is 6.45. The van der Waals surface area contributed by atoms with Gasteiger partial charge in [-0.05, 0) is 61.1 Å². The zero-order valence-electron chi connectivity index (χ0n) is 17.3. The van der Waals surface area contributed by atoms with Gasteiger partial charge in [0.25, 0.3) is 0 Å². The van der Waals surface area contributed by atoms with E-state index < -0.39 is 0 Å². The SMILES string of the molecule is Nc1cccc(-c2ccc3ncnc(N[C@H]4CC[C@H](N5CCOCC5)CC4)c3c2)c1. The molecule has 0 atom stereocenters. The number of hydrogen-bond acceptors (Lipinski definition) is 6. The summed E-state index contributed by atoms with van der Waals surface area (Å²) in [6, 6.07) is 15.5. The predicted octanol–water partition coefficient (Wildman–Crippen LogP) is 3.93. The van der Waals surface area contributed by atoms with Gasteiger partial charge in [0.15, 0.2) is 0 Å². The van der Waals surface area contributed by atoms with E-state index in [1.165, 1.54) is 25.7 Å². The number of hydrogen-bond donors (Lipinski definition) is 2. The number of anilines is 2. The quantitative estimate of drug-likeness (QED) is 0.643. The minimum absolute atomic E-state index is 0.455. The van der Waals surface area contributed by atoms with Gasteiger partial charge in [-0.15, -0.1) is 0 Å². The van der Waals surface area contributed by atoms with E-state index in [4.69, 9.17) is 10.5 Å². The van der Waals surface area contributed by atoms with Crippen molar-refractivity contribution in [1.82, 2.24) is 14.9 Å². The number of nitrogens with zero attached hydrogens (tertiary/aromatic N) is 3. The van der Waals surface area contributed by atoms with Crippen molar-refractivity contribution in [3.8, 4) is 11.1 Å². The topological polar surface area (TPSA) is 76.3 Å². The Morgan fingerprint density at radius 3 is 2.53 bits per heavy atom. The third-order valence-electron chi connectivity index (χ3n) is 6.45. The summed E-state index contributed by atoms with van der Waals surface area (Å²) in [4.78, 5) is 11.7. The van der Waals surface area contributed by atoms with Crippen molar-refractivity contribution in [3.05, 3.63) is 48.8 Å². The second kappa shape index (κ2) is 8.58. The van der Waals surface area contributed by atoms with Gasteiger partial charge in [0.1, 0.15) is 12.1 Å². The van der Waals surface area contributed by atoms with Crippen molar-refractivity contribution in [1.29, 1.82) is 0 Å². The van der Waals surface area contributed by atoms with Crippen LogP contribution in [0.4, 0.5) is 11.5 Å². The highest BCUT2D eigenvalue weighted by atomic mass is 16.5. The molecule has 1 aromatic heterocycles. The van der Waals surface area contributed by atoms with Gasteiger partial charge in [-0.1, -0.05) is 18.2 Å². The number of aromatic nitrogens is 2. The van der Waals surface area contributed by atoms with Gasteiger partial charge >= 0.3 is 0 Å². The lowest BCUT2D eigenvalue weighted by Crippen LogP contribution is -2.46. The molecule has 2 heterocycles. The van der Waals surface area contributed by atoms with Crippen LogP contribution in [-0.4, -0.2) is 53.3 Å². The summed E-state index contributed by atoms with van der Waals surface area (Å²) in [6.45, 7) is 3.90. The minimum atomic E-state index is 0.455. The minimum Gasteiger partial charge on any atom is -0.399 e. The van der Waals surface area contributed by atoms with Crippen molar-refractivity contribution >= 4 is 22.4 Å². The fourth-order valence-electron chi connectivity index (χ4n) is 4.79. The maximum Gasteiger partial charge on any atom is 0.137 e. The highest BCUT2D eigenvalue weighted by Gasteiger charge is 2.27. The Morgan fingerprint density at radius 1 is 0.933 bits per heavy atom. The number of nitrogen functional groups attached to an aromatic ring is 1. The average molecular weight is 404 g/mol. The highest BCUT2D eigenvalue weighted by Crippen LogP contribution is 2.30. The van der Waals surface area contributed by atoms with E-state index in [-0.39, 0.29) is 0 Å². The Hall–Kier alpha value is -2.70. The molecule has 0 unspecified atom stereocenters.